The molecule has 0 radical (unpaired) electrons. The van der Waals surface area contributed by atoms with E-state index in [4.69, 9.17) is 23.8 Å². The highest BCUT2D eigenvalue weighted by Gasteiger charge is 2.11. The van der Waals surface area contributed by atoms with E-state index in [0.717, 1.165) is 17.8 Å². The average Bonchev–Trinajstić information content (AvgIpc) is 3.23. The van der Waals surface area contributed by atoms with E-state index in [9.17, 15) is 4.39 Å². The molecule has 27 heavy (non-hydrogen) atoms. The molecule has 0 aliphatic rings. The van der Waals surface area contributed by atoms with Gasteiger partial charge in [-0.1, -0.05) is 17.7 Å². The molecule has 0 atom stereocenters. The molecule has 2 aromatic heterocycles. The van der Waals surface area contributed by atoms with Crippen LogP contribution in [0.4, 0.5) is 10.2 Å². The maximum Gasteiger partial charge on any atom is 0.172 e. The van der Waals surface area contributed by atoms with Crippen LogP contribution in [0.3, 0.4) is 0 Å². The third-order valence-electron chi connectivity index (χ3n) is 4.06. The monoisotopic (exact) mass is 406 g/mol. The summed E-state index contributed by atoms with van der Waals surface area (Å²) < 4.78 is 17.5. The maximum absolute atomic E-state index is 14.0. The van der Waals surface area contributed by atoms with Gasteiger partial charge in [0.05, 0.1) is 12.7 Å². The van der Waals surface area contributed by atoms with Crippen molar-refractivity contribution in [2.24, 2.45) is 0 Å². The topological polar surface area (TPSA) is 59.7 Å². The smallest absolute Gasteiger partial charge is 0.172 e. The number of thiocarbonyl (C=S) groups is 1. The van der Waals surface area contributed by atoms with E-state index in [1.54, 1.807) is 23.0 Å². The van der Waals surface area contributed by atoms with Gasteiger partial charge in [0.2, 0.25) is 0 Å². The van der Waals surface area contributed by atoms with Crippen molar-refractivity contribution in [3.63, 3.8) is 0 Å². The molecule has 6 nitrogen and oxygen atoms in total. The molecule has 1 aromatic carbocycles. The third-order valence-corrected chi connectivity index (χ3v) is 4.66. The van der Waals surface area contributed by atoms with Crippen LogP contribution in [0, 0.1) is 12.7 Å². The fourth-order valence-corrected chi connectivity index (χ4v) is 2.98. The molecule has 2 N–H and O–H groups in total. The molecule has 142 valence electrons. The van der Waals surface area contributed by atoms with Crippen LogP contribution in [0.15, 0.2) is 36.7 Å². The lowest BCUT2D eigenvalue weighted by Gasteiger charge is -2.08. The number of hydrogen-bond donors (Lipinski definition) is 2. The van der Waals surface area contributed by atoms with Crippen molar-refractivity contribution in [3.8, 4) is 0 Å². The molecule has 0 fully saturated rings. The number of hydrogen-bond acceptors (Lipinski definition) is 3. The standard InChI is InChI=1S/C18H20ClFN6S/c1-3-25-10-13(9-22-25)8-21-18(27)23-17-7-12(2)26(24-17)11-14-15(19)5-4-6-16(14)20/h4-7,9-10H,3,8,11H2,1-2H3,(H2,21,23,24,27). The van der Waals surface area contributed by atoms with Crippen LogP contribution in [0.25, 0.3) is 0 Å². The fourth-order valence-electron chi connectivity index (χ4n) is 2.58. The van der Waals surface area contributed by atoms with Crippen LogP contribution in [-0.4, -0.2) is 24.7 Å². The molecule has 9 heteroatoms. The van der Waals surface area contributed by atoms with E-state index in [1.807, 2.05) is 30.8 Å². The molecule has 0 amide bonds. The summed E-state index contributed by atoms with van der Waals surface area (Å²) >= 11 is 11.4. The van der Waals surface area contributed by atoms with Crippen LogP contribution in [0.2, 0.25) is 5.02 Å². The average molecular weight is 407 g/mol. The number of aryl methyl sites for hydroxylation is 2. The zero-order valence-corrected chi connectivity index (χ0v) is 16.6. The second-order valence-electron chi connectivity index (χ2n) is 6.04. The van der Waals surface area contributed by atoms with Gasteiger partial charge in [0.25, 0.3) is 0 Å². The minimum atomic E-state index is -0.350. The Bertz CT molecular complexity index is 931. The van der Waals surface area contributed by atoms with Gasteiger partial charge >= 0.3 is 0 Å². The van der Waals surface area contributed by atoms with Gasteiger partial charge in [-0.15, -0.1) is 0 Å². The first-order valence-electron chi connectivity index (χ1n) is 8.49. The summed E-state index contributed by atoms with van der Waals surface area (Å²) in [5.41, 5.74) is 2.31. The Hall–Kier alpha value is -2.45. The Morgan fingerprint density at radius 3 is 2.89 bits per heavy atom. The molecule has 0 aliphatic carbocycles. The lowest BCUT2D eigenvalue weighted by Crippen LogP contribution is -2.28. The molecular weight excluding hydrogens is 387 g/mol. The van der Waals surface area contributed by atoms with Crippen LogP contribution in [0.5, 0.6) is 0 Å². The van der Waals surface area contributed by atoms with Gasteiger partial charge in [-0.25, -0.2) is 4.39 Å². The van der Waals surface area contributed by atoms with Crippen molar-refractivity contribution >= 4 is 34.7 Å². The minimum absolute atomic E-state index is 0.245. The van der Waals surface area contributed by atoms with Crippen molar-refractivity contribution in [1.29, 1.82) is 0 Å². The Morgan fingerprint density at radius 1 is 1.37 bits per heavy atom. The molecule has 0 spiro atoms. The number of aromatic nitrogens is 4. The summed E-state index contributed by atoms with van der Waals surface area (Å²) in [6.07, 6.45) is 3.77. The van der Waals surface area contributed by atoms with Gasteiger partial charge in [-0.2, -0.15) is 10.2 Å². The number of rotatable bonds is 6. The first-order chi connectivity index (χ1) is 13.0. The summed E-state index contributed by atoms with van der Waals surface area (Å²) in [7, 11) is 0. The van der Waals surface area contributed by atoms with E-state index in [-0.39, 0.29) is 12.4 Å². The zero-order valence-electron chi connectivity index (χ0n) is 15.0. The Morgan fingerprint density at radius 2 is 2.19 bits per heavy atom. The van der Waals surface area contributed by atoms with Crippen molar-refractivity contribution in [3.05, 3.63) is 64.3 Å². The van der Waals surface area contributed by atoms with Crippen LogP contribution in [0.1, 0.15) is 23.7 Å². The van der Waals surface area contributed by atoms with Gasteiger partial charge in [0.1, 0.15) is 5.82 Å². The van der Waals surface area contributed by atoms with E-state index >= 15 is 0 Å². The van der Waals surface area contributed by atoms with Crippen molar-refractivity contribution in [2.75, 3.05) is 5.32 Å². The SMILES string of the molecule is CCn1cc(CNC(=S)Nc2cc(C)n(Cc3c(F)cccc3Cl)n2)cn1. The van der Waals surface area contributed by atoms with Gasteiger partial charge in [0.15, 0.2) is 10.9 Å². The van der Waals surface area contributed by atoms with Crippen LogP contribution in [-0.2, 0) is 19.6 Å². The van der Waals surface area contributed by atoms with E-state index < -0.39 is 0 Å². The Kier molecular flexibility index (Phi) is 6.08. The summed E-state index contributed by atoms with van der Waals surface area (Å²) in [6.45, 7) is 5.56. The fraction of sp³-hybridized carbons (Fsp3) is 0.278. The Balaban J connectivity index is 1.61. The second-order valence-corrected chi connectivity index (χ2v) is 6.86. The maximum atomic E-state index is 14.0. The number of benzene rings is 1. The molecular formula is C18H20ClFN6S. The second kappa shape index (κ2) is 8.49. The van der Waals surface area contributed by atoms with Crippen molar-refractivity contribution < 1.29 is 4.39 Å². The third kappa shape index (κ3) is 4.84. The number of halogens is 2. The van der Waals surface area contributed by atoms with E-state index in [0.29, 0.717) is 28.1 Å². The number of nitrogens with one attached hydrogen (secondary N) is 2. The molecule has 3 rings (SSSR count). The molecule has 0 saturated heterocycles. The van der Waals surface area contributed by atoms with Gasteiger partial charge < -0.3 is 10.6 Å². The van der Waals surface area contributed by atoms with Gasteiger partial charge in [0, 0.05) is 47.2 Å². The van der Waals surface area contributed by atoms with Gasteiger partial charge in [-0.3, -0.25) is 9.36 Å². The van der Waals surface area contributed by atoms with E-state index in [2.05, 4.69) is 20.8 Å². The molecule has 0 aliphatic heterocycles. The zero-order chi connectivity index (χ0) is 19.4. The van der Waals surface area contributed by atoms with E-state index in [1.165, 1.54) is 6.07 Å². The first kappa shape index (κ1) is 19.3. The highest BCUT2D eigenvalue weighted by atomic mass is 35.5. The minimum Gasteiger partial charge on any atom is -0.358 e. The van der Waals surface area contributed by atoms with Crippen molar-refractivity contribution in [2.45, 2.75) is 33.5 Å². The highest BCUT2D eigenvalue weighted by Crippen LogP contribution is 2.21. The van der Waals surface area contributed by atoms with Crippen molar-refractivity contribution in [1.82, 2.24) is 24.9 Å². The molecule has 2 heterocycles. The lowest BCUT2D eigenvalue weighted by atomic mass is 10.2. The van der Waals surface area contributed by atoms with Crippen LogP contribution < -0.4 is 10.6 Å². The molecule has 0 saturated carbocycles. The number of nitrogens with zero attached hydrogens (tertiary/aromatic N) is 4. The lowest BCUT2D eigenvalue weighted by molar-refractivity contribution is 0.581. The summed E-state index contributed by atoms with van der Waals surface area (Å²) in [6, 6.07) is 6.48. The van der Waals surface area contributed by atoms with Gasteiger partial charge in [-0.05, 0) is 38.2 Å². The first-order valence-corrected chi connectivity index (χ1v) is 9.28. The predicted octanol–water partition coefficient (Wildman–Crippen LogP) is 3.74. The largest absolute Gasteiger partial charge is 0.358 e. The summed E-state index contributed by atoms with van der Waals surface area (Å²) in [5.74, 6) is 0.235. The molecule has 0 bridgehead atoms. The van der Waals surface area contributed by atoms with Crippen LogP contribution >= 0.6 is 23.8 Å². The molecule has 3 aromatic rings. The Labute approximate surface area is 167 Å². The highest BCUT2D eigenvalue weighted by molar-refractivity contribution is 7.80. The number of anilines is 1. The molecule has 0 unspecified atom stereocenters. The summed E-state index contributed by atoms with van der Waals surface area (Å²) in [4.78, 5) is 0. The quantitative estimate of drug-likeness (QED) is 0.611. The normalized spacial score (nSPS) is 10.8. The predicted molar refractivity (Wildman–Crippen MR) is 108 cm³/mol. The summed E-state index contributed by atoms with van der Waals surface area (Å²) in [5, 5.41) is 15.6.